The number of fused-ring (bicyclic) bond motifs is 1. The van der Waals surface area contributed by atoms with Gasteiger partial charge in [-0.25, -0.2) is 4.98 Å². The zero-order valence-corrected chi connectivity index (χ0v) is 15.8. The molecule has 0 bridgehead atoms. The maximum Gasteiger partial charge on any atom is 0.253 e. The molecule has 134 valence electrons. The standard InChI is InChI=1S/C21H22ClN3O/c1-14(25-15(2)23-19-13-18(22)9-10-20(19)25)16-5-7-17(8-6-16)21(26)24-11-3-4-12-24/h5-10,13-14H,3-4,11-12H2,1-2H3. The minimum absolute atomic E-state index is 0.122. The lowest BCUT2D eigenvalue weighted by atomic mass is 10.0. The lowest BCUT2D eigenvalue weighted by molar-refractivity contribution is 0.0793. The van der Waals surface area contributed by atoms with Gasteiger partial charge in [-0.3, -0.25) is 4.79 Å². The minimum Gasteiger partial charge on any atom is -0.339 e. The normalized spacial score (nSPS) is 15.6. The number of rotatable bonds is 3. The van der Waals surface area contributed by atoms with E-state index in [9.17, 15) is 4.79 Å². The Hall–Kier alpha value is -2.33. The second-order valence-corrected chi connectivity index (χ2v) is 7.40. The van der Waals surface area contributed by atoms with E-state index in [-0.39, 0.29) is 11.9 Å². The Labute approximate surface area is 158 Å². The van der Waals surface area contributed by atoms with Crippen LogP contribution >= 0.6 is 11.6 Å². The number of nitrogens with zero attached hydrogens (tertiary/aromatic N) is 3. The van der Waals surface area contributed by atoms with Crippen molar-refractivity contribution in [3.05, 3.63) is 64.4 Å². The number of imidazole rings is 1. The molecule has 2 aromatic carbocycles. The van der Waals surface area contributed by atoms with Gasteiger partial charge < -0.3 is 9.47 Å². The highest BCUT2D eigenvalue weighted by Gasteiger charge is 2.20. The minimum atomic E-state index is 0.122. The van der Waals surface area contributed by atoms with Gasteiger partial charge in [0.05, 0.1) is 17.1 Å². The summed E-state index contributed by atoms with van der Waals surface area (Å²) in [4.78, 5) is 19.1. The third-order valence-electron chi connectivity index (χ3n) is 5.25. The number of amides is 1. The van der Waals surface area contributed by atoms with Crippen molar-refractivity contribution in [2.45, 2.75) is 32.7 Å². The zero-order chi connectivity index (χ0) is 18.3. The molecule has 3 aromatic rings. The van der Waals surface area contributed by atoms with Gasteiger partial charge in [-0.15, -0.1) is 0 Å². The van der Waals surface area contributed by atoms with Gasteiger partial charge in [0.1, 0.15) is 5.82 Å². The third kappa shape index (κ3) is 2.99. The second-order valence-electron chi connectivity index (χ2n) is 6.96. The quantitative estimate of drug-likeness (QED) is 0.664. The number of aromatic nitrogens is 2. The van der Waals surface area contributed by atoms with Crippen LogP contribution in [0.2, 0.25) is 5.02 Å². The van der Waals surface area contributed by atoms with Crippen LogP contribution in [0.1, 0.15) is 47.6 Å². The molecule has 0 saturated carbocycles. The molecule has 1 aromatic heterocycles. The van der Waals surface area contributed by atoms with E-state index in [0.29, 0.717) is 5.02 Å². The lowest BCUT2D eigenvalue weighted by Crippen LogP contribution is -2.27. The number of benzene rings is 2. The van der Waals surface area contributed by atoms with Crippen molar-refractivity contribution in [3.63, 3.8) is 0 Å². The summed E-state index contributed by atoms with van der Waals surface area (Å²) >= 11 is 6.09. The Balaban J connectivity index is 1.63. The molecule has 4 nitrogen and oxygen atoms in total. The van der Waals surface area contributed by atoms with Crippen molar-refractivity contribution < 1.29 is 4.79 Å². The van der Waals surface area contributed by atoms with Gasteiger partial charge in [-0.05, 0) is 62.6 Å². The fourth-order valence-corrected chi connectivity index (χ4v) is 4.00. The van der Waals surface area contributed by atoms with E-state index in [4.69, 9.17) is 11.6 Å². The highest BCUT2D eigenvalue weighted by atomic mass is 35.5. The number of halogens is 1. The van der Waals surface area contributed by atoms with Crippen LogP contribution < -0.4 is 0 Å². The van der Waals surface area contributed by atoms with Gasteiger partial charge >= 0.3 is 0 Å². The van der Waals surface area contributed by atoms with Gasteiger partial charge in [0.2, 0.25) is 0 Å². The summed E-state index contributed by atoms with van der Waals surface area (Å²) in [7, 11) is 0. The summed E-state index contributed by atoms with van der Waals surface area (Å²) in [6.45, 7) is 5.91. The summed E-state index contributed by atoms with van der Waals surface area (Å²) in [5.41, 5.74) is 3.89. The van der Waals surface area contributed by atoms with E-state index in [0.717, 1.165) is 53.9 Å². The highest BCUT2D eigenvalue weighted by molar-refractivity contribution is 6.31. The Morgan fingerprint density at radius 2 is 1.81 bits per heavy atom. The summed E-state index contributed by atoms with van der Waals surface area (Å²) in [5.74, 6) is 1.09. The van der Waals surface area contributed by atoms with E-state index in [1.165, 1.54) is 0 Å². The molecule has 5 heteroatoms. The van der Waals surface area contributed by atoms with Gasteiger partial charge in [-0.1, -0.05) is 23.7 Å². The predicted molar refractivity (Wildman–Crippen MR) is 105 cm³/mol. The Morgan fingerprint density at radius 3 is 2.50 bits per heavy atom. The molecule has 0 aliphatic carbocycles. The summed E-state index contributed by atoms with van der Waals surface area (Å²) in [6, 6.07) is 13.9. The number of likely N-dealkylation sites (tertiary alicyclic amines) is 1. The van der Waals surface area contributed by atoms with Crippen LogP contribution in [0.15, 0.2) is 42.5 Å². The van der Waals surface area contributed by atoms with Crippen LogP contribution in [0.5, 0.6) is 0 Å². The zero-order valence-electron chi connectivity index (χ0n) is 15.1. The fraction of sp³-hybridized carbons (Fsp3) is 0.333. The van der Waals surface area contributed by atoms with E-state index >= 15 is 0 Å². The van der Waals surface area contributed by atoms with Gasteiger partial charge in [0.25, 0.3) is 5.91 Å². The molecule has 1 unspecified atom stereocenters. The maximum absolute atomic E-state index is 12.5. The summed E-state index contributed by atoms with van der Waals surface area (Å²) < 4.78 is 2.21. The third-order valence-corrected chi connectivity index (χ3v) is 5.48. The Bertz CT molecular complexity index is 955. The van der Waals surface area contributed by atoms with Gasteiger partial charge in [0.15, 0.2) is 0 Å². The van der Waals surface area contributed by atoms with Crippen molar-refractivity contribution in [1.29, 1.82) is 0 Å². The van der Waals surface area contributed by atoms with Crippen LogP contribution in [-0.2, 0) is 0 Å². The van der Waals surface area contributed by atoms with Crippen LogP contribution in [0.4, 0.5) is 0 Å². The molecule has 0 radical (unpaired) electrons. The molecular formula is C21H22ClN3O. The van der Waals surface area contributed by atoms with Crippen molar-refractivity contribution in [2.24, 2.45) is 0 Å². The predicted octanol–water partition coefficient (Wildman–Crippen LogP) is 4.84. The lowest BCUT2D eigenvalue weighted by Gasteiger charge is -2.19. The monoisotopic (exact) mass is 367 g/mol. The summed E-state index contributed by atoms with van der Waals surface area (Å²) in [5, 5.41) is 0.694. The van der Waals surface area contributed by atoms with Crippen LogP contribution in [0.3, 0.4) is 0 Å². The number of carbonyl (C=O) groups is 1. The van der Waals surface area contributed by atoms with E-state index in [2.05, 4.69) is 28.6 Å². The molecule has 0 spiro atoms. The van der Waals surface area contributed by atoms with Crippen molar-refractivity contribution >= 4 is 28.5 Å². The molecule has 1 aliphatic heterocycles. The molecule has 1 aliphatic rings. The first-order valence-electron chi connectivity index (χ1n) is 9.08. The van der Waals surface area contributed by atoms with Crippen LogP contribution in [0.25, 0.3) is 11.0 Å². The average molecular weight is 368 g/mol. The van der Waals surface area contributed by atoms with E-state index < -0.39 is 0 Å². The van der Waals surface area contributed by atoms with Gasteiger partial charge in [-0.2, -0.15) is 0 Å². The topological polar surface area (TPSA) is 38.1 Å². The molecule has 2 heterocycles. The molecule has 0 N–H and O–H groups in total. The van der Waals surface area contributed by atoms with Crippen LogP contribution in [0, 0.1) is 6.92 Å². The molecule has 1 saturated heterocycles. The van der Waals surface area contributed by atoms with Crippen molar-refractivity contribution in [1.82, 2.24) is 14.5 Å². The molecular weight excluding hydrogens is 346 g/mol. The largest absolute Gasteiger partial charge is 0.339 e. The highest BCUT2D eigenvalue weighted by Crippen LogP contribution is 2.28. The first-order chi connectivity index (χ1) is 12.5. The van der Waals surface area contributed by atoms with Crippen molar-refractivity contribution in [2.75, 3.05) is 13.1 Å². The number of hydrogen-bond donors (Lipinski definition) is 0. The Kier molecular flexibility index (Phi) is 4.45. The first kappa shape index (κ1) is 17.1. The maximum atomic E-state index is 12.5. The molecule has 1 atom stereocenters. The number of aryl methyl sites for hydroxylation is 1. The first-order valence-corrected chi connectivity index (χ1v) is 9.46. The molecule has 26 heavy (non-hydrogen) atoms. The second kappa shape index (κ2) is 6.76. The summed E-state index contributed by atoms with van der Waals surface area (Å²) in [6.07, 6.45) is 2.22. The van der Waals surface area contributed by atoms with Crippen molar-refractivity contribution in [3.8, 4) is 0 Å². The number of carbonyl (C=O) groups excluding carboxylic acids is 1. The molecule has 1 fully saturated rings. The van der Waals surface area contributed by atoms with Gasteiger partial charge in [0, 0.05) is 23.7 Å². The molecule has 4 rings (SSSR count). The van der Waals surface area contributed by atoms with Crippen LogP contribution in [-0.4, -0.2) is 33.4 Å². The SMILES string of the molecule is Cc1nc2cc(Cl)ccc2n1C(C)c1ccc(C(=O)N2CCCC2)cc1. The van der Waals surface area contributed by atoms with E-state index in [1.807, 2.05) is 42.2 Å². The smallest absolute Gasteiger partial charge is 0.253 e. The molecule has 1 amide bonds. The fourth-order valence-electron chi connectivity index (χ4n) is 3.84. The average Bonchev–Trinajstić information content (AvgIpc) is 3.27. The van der Waals surface area contributed by atoms with E-state index in [1.54, 1.807) is 0 Å². The Morgan fingerprint density at radius 1 is 1.12 bits per heavy atom. The number of hydrogen-bond acceptors (Lipinski definition) is 2.